The van der Waals surface area contributed by atoms with Crippen molar-refractivity contribution in [2.24, 2.45) is 5.92 Å². The highest BCUT2D eigenvalue weighted by Crippen LogP contribution is 2.19. The quantitative estimate of drug-likeness (QED) is 0.648. The summed E-state index contributed by atoms with van der Waals surface area (Å²) in [6.07, 6.45) is 6.09. The van der Waals surface area contributed by atoms with E-state index in [0.29, 0.717) is 0 Å². The molecule has 0 spiro atoms. The summed E-state index contributed by atoms with van der Waals surface area (Å²) in [5.74, 6) is 0.952. The lowest BCUT2D eigenvalue weighted by Crippen LogP contribution is -2.34. The van der Waals surface area contributed by atoms with Gasteiger partial charge < -0.3 is 5.32 Å². The first-order valence-electron chi connectivity index (χ1n) is 5.34. The van der Waals surface area contributed by atoms with Gasteiger partial charge in [0, 0.05) is 6.54 Å². The van der Waals surface area contributed by atoms with Crippen LogP contribution in [0.5, 0.6) is 0 Å². The molecular weight excluding hydrogens is 160 g/mol. The molecule has 0 unspecified atom stereocenters. The Bertz CT molecular complexity index is 137. The number of nitrogens with zero attached hydrogens (tertiary/aromatic N) is 1. The zero-order valence-corrected chi connectivity index (χ0v) is 8.76. The molecule has 1 rings (SSSR count). The van der Waals surface area contributed by atoms with E-state index in [2.05, 4.69) is 16.8 Å². The van der Waals surface area contributed by atoms with Gasteiger partial charge in [-0.25, -0.2) is 0 Å². The van der Waals surface area contributed by atoms with Crippen molar-refractivity contribution in [3.63, 3.8) is 0 Å². The molecule has 0 radical (unpaired) electrons. The van der Waals surface area contributed by atoms with Gasteiger partial charge in [-0.15, -0.1) is 6.58 Å². The van der Waals surface area contributed by atoms with Gasteiger partial charge in [0.05, 0.1) is 0 Å². The monoisotopic (exact) mass is 182 g/mol. The molecule has 0 aromatic carbocycles. The number of piperidine rings is 1. The van der Waals surface area contributed by atoms with Crippen LogP contribution in [0.25, 0.3) is 0 Å². The average molecular weight is 182 g/mol. The van der Waals surface area contributed by atoms with E-state index in [1.54, 1.807) is 0 Å². The Balaban J connectivity index is 2.11. The maximum Gasteiger partial charge on any atom is 0.0160 e. The molecule has 1 aliphatic heterocycles. The van der Waals surface area contributed by atoms with Gasteiger partial charge in [0.15, 0.2) is 0 Å². The topological polar surface area (TPSA) is 15.3 Å². The predicted octanol–water partition coefficient (Wildman–Crippen LogP) is 1.49. The number of rotatable bonds is 5. The molecule has 1 saturated heterocycles. The Morgan fingerprint density at radius 2 is 2.15 bits per heavy atom. The molecule has 1 fully saturated rings. The molecule has 2 heteroatoms. The predicted molar refractivity (Wildman–Crippen MR) is 57.9 cm³/mol. The minimum atomic E-state index is 0.952. The lowest BCUT2D eigenvalue weighted by Gasteiger charge is -2.31. The van der Waals surface area contributed by atoms with E-state index in [9.17, 15) is 0 Å². The Labute approximate surface area is 82.0 Å². The summed E-state index contributed by atoms with van der Waals surface area (Å²) < 4.78 is 0. The maximum atomic E-state index is 3.77. The molecule has 13 heavy (non-hydrogen) atoms. The van der Waals surface area contributed by atoms with E-state index in [1.807, 2.05) is 13.1 Å². The minimum absolute atomic E-state index is 0.952. The van der Waals surface area contributed by atoms with Gasteiger partial charge in [0.2, 0.25) is 0 Å². The van der Waals surface area contributed by atoms with Crippen molar-refractivity contribution in [3.05, 3.63) is 12.7 Å². The summed E-state index contributed by atoms with van der Waals surface area (Å²) in [5, 5.41) is 3.22. The molecular formula is C11H22N2. The van der Waals surface area contributed by atoms with Crippen molar-refractivity contribution < 1.29 is 0 Å². The standard InChI is InChI=1S/C11H22N2/c1-3-8-13-9-5-11(6-10-13)4-7-12-2/h3,11-12H,1,4-10H2,2H3. The lowest BCUT2D eigenvalue weighted by atomic mass is 9.93. The minimum Gasteiger partial charge on any atom is -0.320 e. The summed E-state index contributed by atoms with van der Waals surface area (Å²) in [6, 6.07) is 0. The SMILES string of the molecule is C=CCN1CCC(CCNC)CC1. The summed E-state index contributed by atoms with van der Waals surface area (Å²) >= 11 is 0. The molecule has 0 aliphatic carbocycles. The first-order chi connectivity index (χ1) is 6.36. The third-order valence-electron chi connectivity index (χ3n) is 2.90. The summed E-state index contributed by atoms with van der Waals surface area (Å²) in [5.41, 5.74) is 0. The van der Waals surface area contributed by atoms with Crippen LogP contribution in [0.15, 0.2) is 12.7 Å². The number of nitrogens with one attached hydrogen (secondary N) is 1. The normalized spacial score (nSPS) is 20.4. The summed E-state index contributed by atoms with van der Waals surface area (Å²) in [6.45, 7) is 8.54. The van der Waals surface area contributed by atoms with E-state index in [1.165, 1.54) is 38.9 Å². The van der Waals surface area contributed by atoms with E-state index in [0.717, 1.165) is 12.5 Å². The molecule has 2 nitrogen and oxygen atoms in total. The lowest BCUT2D eigenvalue weighted by molar-refractivity contribution is 0.195. The van der Waals surface area contributed by atoms with Gasteiger partial charge in [-0.2, -0.15) is 0 Å². The van der Waals surface area contributed by atoms with Crippen LogP contribution in [-0.4, -0.2) is 38.1 Å². The fourth-order valence-electron chi connectivity index (χ4n) is 1.99. The van der Waals surface area contributed by atoms with Crippen LogP contribution < -0.4 is 5.32 Å². The highest BCUT2D eigenvalue weighted by molar-refractivity contribution is 4.78. The highest BCUT2D eigenvalue weighted by atomic mass is 15.1. The maximum absolute atomic E-state index is 3.77. The van der Waals surface area contributed by atoms with Crippen LogP contribution in [-0.2, 0) is 0 Å². The molecule has 76 valence electrons. The molecule has 1 aliphatic rings. The Hall–Kier alpha value is -0.340. The Morgan fingerprint density at radius 1 is 1.46 bits per heavy atom. The molecule has 0 amide bonds. The van der Waals surface area contributed by atoms with Crippen molar-refractivity contribution in [3.8, 4) is 0 Å². The van der Waals surface area contributed by atoms with Gasteiger partial charge in [-0.3, -0.25) is 4.90 Å². The van der Waals surface area contributed by atoms with Crippen LogP contribution in [0.3, 0.4) is 0 Å². The molecule has 0 aromatic rings. The van der Waals surface area contributed by atoms with Crippen molar-refractivity contribution in [2.75, 3.05) is 33.2 Å². The van der Waals surface area contributed by atoms with Crippen LogP contribution in [0.1, 0.15) is 19.3 Å². The van der Waals surface area contributed by atoms with Crippen molar-refractivity contribution in [2.45, 2.75) is 19.3 Å². The largest absolute Gasteiger partial charge is 0.320 e. The smallest absolute Gasteiger partial charge is 0.0160 e. The fourth-order valence-corrected chi connectivity index (χ4v) is 1.99. The second kappa shape index (κ2) is 6.17. The molecule has 1 N–H and O–H groups in total. The second-order valence-corrected chi connectivity index (χ2v) is 3.92. The van der Waals surface area contributed by atoms with Crippen molar-refractivity contribution in [1.29, 1.82) is 0 Å². The van der Waals surface area contributed by atoms with Crippen LogP contribution in [0, 0.1) is 5.92 Å². The van der Waals surface area contributed by atoms with Gasteiger partial charge in [-0.05, 0) is 51.9 Å². The number of hydrogen-bond donors (Lipinski definition) is 1. The second-order valence-electron chi connectivity index (χ2n) is 3.92. The molecule has 0 atom stereocenters. The van der Waals surface area contributed by atoms with E-state index in [-0.39, 0.29) is 0 Å². The molecule has 0 bridgehead atoms. The summed E-state index contributed by atoms with van der Waals surface area (Å²) in [7, 11) is 2.03. The third-order valence-corrected chi connectivity index (χ3v) is 2.90. The Morgan fingerprint density at radius 3 is 2.69 bits per heavy atom. The van der Waals surface area contributed by atoms with Crippen molar-refractivity contribution in [1.82, 2.24) is 10.2 Å². The van der Waals surface area contributed by atoms with Gasteiger partial charge in [0.1, 0.15) is 0 Å². The number of hydrogen-bond acceptors (Lipinski definition) is 2. The van der Waals surface area contributed by atoms with Gasteiger partial charge in [-0.1, -0.05) is 6.08 Å². The first-order valence-corrected chi connectivity index (χ1v) is 5.34. The van der Waals surface area contributed by atoms with E-state index >= 15 is 0 Å². The zero-order chi connectivity index (χ0) is 9.52. The third kappa shape index (κ3) is 3.92. The van der Waals surface area contributed by atoms with Gasteiger partial charge >= 0.3 is 0 Å². The van der Waals surface area contributed by atoms with E-state index < -0.39 is 0 Å². The summed E-state index contributed by atoms with van der Waals surface area (Å²) in [4.78, 5) is 2.49. The van der Waals surface area contributed by atoms with Crippen LogP contribution in [0.4, 0.5) is 0 Å². The molecule has 0 aromatic heterocycles. The zero-order valence-electron chi connectivity index (χ0n) is 8.76. The average Bonchev–Trinajstić information content (AvgIpc) is 2.17. The van der Waals surface area contributed by atoms with Crippen LogP contribution in [0.2, 0.25) is 0 Å². The van der Waals surface area contributed by atoms with Gasteiger partial charge in [0.25, 0.3) is 0 Å². The van der Waals surface area contributed by atoms with Crippen LogP contribution >= 0.6 is 0 Å². The molecule has 0 saturated carbocycles. The number of likely N-dealkylation sites (tertiary alicyclic amines) is 1. The molecule has 1 heterocycles. The first kappa shape index (κ1) is 10.7. The van der Waals surface area contributed by atoms with E-state index in [4.69, 9.17) is 0 Å². The highest BCUT2D eigenvalue weighted by Gasteiger charge is 2.17. The Kier molecular flexibility index (Phi) is 5.09. The fraction of sp³-hybridized carbons (Fsp3) is 0.818. The van der Waals surface area contributed by atoms with Crippen molar-refractivity contribution >= 4 is 0 Å².